The van der Waals surface area contributed by atoms with Gasteiger partial charge < -0.3 is 14.9 Å². The molecule has 5 nitrogen and oxygen atoms in total. The van der Waals surface area contributed by atoms with Crippen LogP contribution in [-0.4, -0.2) is 50.2 Å². The highest BCUT2D eigenvalue weighted by molar-refractivity contribution is 7.99. The van der Waals surface area contributed by atoms with Crippen LogP contribution in [0.25, 0.3) is 0 Å². The predicted molar refractivity (Wildman–Crippen MR) is 117 cm³/mol. The zero-order valence-electron chi connectivity index (χ0n) is 16.8. The van der Waals surface area contributed by atoms with E-state index < -0.39 is 11.6 Å². The zero-order valence-corrected chi connectivity index (χ0v) is 17.6. The number of thioether (sulfide) groups is 1. The van der Waals surface area contributed by atoms with Crippen molar-refractivity contribution in [2.24, 2.45) is 0 Å². The highest BCUT2D eigenvalue weighted by Gasteiger charge is 2.61. The Morgan fingerprint density at radius 2 is 1.70 bits per heavy atom. The van der Waals surface area contributed by atoms with Gasteiger partial charge in [0, 0.05) is 18.7 Å². The third-order valence-corrected chi connectivity index (χ3v) is 8.01. The van der Waals surface area contributed by atoms with Crippen molar-refractivity contribution in [3.63, 3.8) is 0 Å². The number of rotatable bonds is 4. The van der Waals surface area contributed by atoms with E-state index in [2.05, 4.69) is 0 Å². The summed E-state index contributed by atoms with van der Waals surface area (Å²) in [6.07, 6.45) is 2.45. The van der Waals surface area contributed by atoms with Crippen molar-refractivity contribution >= 4 is 23.6 Å². The van der Waals surface area contributed by atoms with Gasteiger partial charge in [-0.1, -0.05) is 60.7 Å². The van der Waals surface area contributed by atoms with Crippen LogP contribution in [0.2, 0.25) is 0 Å². The second kappa shape index (κ2) is 7.75. The number of carbonyl (C=O) groups excluding carboxylic acids is 2. The van der Waals surface area contributed by atoms with E-state index in [0.29, 0.717) is 19.4 Å². The van der Waals surface area contributed by atoms with Crippen molar-refractivity contribution in [3.05, 3.63) is 71.8 Å². The van der Waals surface area contributed by atoms with Crippen molar-refractivity contribution in [2.45, 2.75) is 55.3 Å². The van der Waals surface area contributed by atoms with Gasteiger partial charge in [0.1, 0.15) is 11.0 Å². The Balaban J connectivity index is 1.54. The minimum Gasteiger partial charge on any atom is -0.380 e. The van der Waals surface area contributed by atoms with Gasteiger partial charge >= 0.3 is 6.03 Å². The van der Waals surface area contributed by atoms with Crippen molar-refractivity contribution < 1.29 is 14.7 Å². The Morgan fingerprint density at radius 3 is 2.40 bits per heavy atom. The first kappa shape index (κ1) is 19.6. The quantitative estimate of drug-likeness (QED) is 0.810. The van der Waals surface area contributed by atoms with Gasteiger partial charge in [0.15, 0.2) is 5.78 Å². The van der Waals surface area contributed by atoms with Gasteiger partial charge in [-0.3, -0.25) is 4.79 Å². The van der Waals surface area contributed by atoms with Crippen LogP contribution >= 0.6 is 11.8 Å². The molecule has 2 aliphatic heterocycles. The van der Waals surface area contributed by atoms with E-state index in [9.17, 15) is 14.7 Å². The maximum Gasteiger partial charge on any atom is 0.322 e. The molecule has 2 heterocycles. The molecule has 2 amide bonds. The van der Waals surface area contributed by atoms with Gasteiger partial charge in [-0.05, 0) is 30.4 Å². The fraction of sp³-hybridized carbons (Fsp3) is 0.417. The van der Waals surface area contributed by atoms with Crippen LogP contribution in [0.1, 0.15) is 42.2 Å². The van der Waals surface area contributed by atoms with Crippen molar-refractivity contribution in [3.8, 4) is 0 Å². The van der Waals surface area contributed by atoms with Gasteiger partial charge in [-0.2, -0.15) is 0 Å². The number of ketones is 1. The van der Waals surface area contributed by atoms with Gasteiger partial charge in [0.25, 0.3) is 0 Å². The number of hydrogen-bond acceptors (Lipinski definition) is 4. The molecule has 3 fully saturated rings. The number of carbonyl (C=O) groups is 2. The molecule has 2 saturated heterocycles. The summed E-state index contributed by atoms with van der Waals surface area (Å²) in [7, 11) is 0. The number of fused-ring (bicyclic) bond motifs is 1. The Morgan fingerprint density at radius 1 is 1.00 bits per heavy atom. The average molecular weight is 423 g/mol. The standard InChI is InChI=1S/C24H26N2O3S/c27-20-13-7-8-14-24(20,29)21-19-16-30-22(18-11-5-2-6-12-18)26(19)23(28)25(21)15-17-9-3-1-4-10-17/h1-6,9-12,19,21-22,29H,7-8,13-16H2/t19-,21+,22-,24-/m0/s1. The van der Waals surface area contributed by atoms with Crippen LogP contribution in [0.3, 0.4) is 0 Å². The lowest BCUT2D eigenvalue weighted by Crippen LogP contribution is -2.60. The van der Waals surface area contributed by atoms with E-state index in [0.717, 1.165) is 29.7 Å². The molecule has 0 spiro atoms. The largest absolute Gasteiger partial charge is 0.380 e. The molecule has 6 heteroatoms. The number of hydrogen-bond donors (Lipinski definition) is 1. The van der Waals surface area contributed by atoms with E-state index in [4.69, 9.17) is 0 Å². The van der Waals surface area contributed by atoms with Crippen LogP contribution in [0.5, 0.6) is 0 Å². The topological polar surface area (TPSA) is 60.9 Å². The Hall–Kier alpha value is -2.31. The molecule has 0 aromatic heterocycles. The fourth-order valence-electron chi connectivity index (χ4n) is 5.23. The van der Waals surface area contributed by atoms with Gasteiger partial charge in [-0.15, -0.1) is 11.8 Å². The summed E-state index contributed by atoms with van der Waals surface area (Å²) in [4.78, 5) is 30.3. The molecule has 3 aliphatic rings. The van der Waals surface area contributed by atoms with Crippen LogP contribution in [0.4, 0.5) is 4.79 Å². The van der Waals surface area contributed by atoms with E-state index in [1.807, 2.05) is 65.6 Å². The monoisotopic (exact) mass is 422 g/mol. The molecule has 30 heavy (non-hydrogen) atoms. The zero-order chi connectivity index (χ0) is 20.7. The highest BCUT2D eigenvalue weighted by atomic mass is 32.2. The maximum absolute atomic E-state index is 13.7. The minimum absolute atomic E-state index is 0.0838. The van der Waals surface area contributed by atoms with Crippen molar-refractivity contribution in [1.82, 2.24) is 9.80 Å². The summed E-state index contributed by atoms with van der Waals surface area (Å²) in [6, 6.07) is 19.1. The number of benzene rings is 2. The Kier molecular flexibility index (Phi) is 5.07. The number of aliphatic hydroxyl groups is 1. The maximum atomic E-state index is 13.7. The molecule has 156 valence electrons. The fourth-order valence-corrected chi connectivity index (χ4v) is 6.71. The summed E-state index contributed by atoms with van der Waals surface area (Å²) in [6.45, 7) is 0.402. The van der Waals surface area contributed by atoms with Crippen LogP contribution in [-0.2, 0) is 11.3 Å². The molecular weight excluding hydrogens is 396 g/mol. The van der Waals surface area contributed by atoms with Crippen LogP contribution in [0, 0.1) is 0 Å². The molecule has 5 rings (SSSR count). The van der Waals surface area contributed by atoms with Crippen molar-refractivity contribution in [1.29, 1.82) is 0 Å². The molecule has 0 unspecified atom stereocenters. The first-order chi connectivity index (χ1) is 14.6. The molecule has 2 aromatic carbocycles. The lowest BCUT2D eigenvalue weighted by molar-refractivity contribution is -0.148. The van der Waals surface area contributed by atoms with E-state index in [1.54, 1.807) is 16.7 Å². The molecular formula is C24H26N2O3S. The van der Waals surface area contributed by atoms with Gasteiger partial charge in [0.2, 0.25) is 0 Å². The predicted octanol–water partition coefficient (Wildman–Crippen LogP) is 3.98. The molecule has 1 aliphatic carbocycles. The highest BCUT2D eigenvalue weighted by Crippen LogP contribution is 2.50. The summed E-state index contributed by atoms with van der Waals surface area (Å²) in [5.74, 6) is 0.608. The third-order valence-electron chi connectivity index (χ3n) is 6.67. The van der Waals surface area contributed by atoms with Gasteiger partial charge in [0.05, 0.1) is 12.1 Å². The van der Waals surface area contributed by atoms with Crippen molar-refractivity contribution in [2.75, 3.05) is 5.75 Å². The lowest BCUT2D eigenvalue weighted by Gasteiger charge is -2.41. The molecule has 4 atom stereocenters. The number of urea groups is 1. The smallest absolute Gasteiger partial charge is 0.322 e. The van der Waals surface area contributed by atoms with E-state index in [1.165, 1.54) is 0 Å². The van der Waals surface area contributed by atoms with Crippen LogP contribution < -0.4 is 0 Å². The Bertz CT molecular complexity index is 938. The summed E-state index contributed by atoms with van der Waals surface area (Å²) in [5, 5.41) is 11.5. The molecule has 1 saturated carbocycles. The van der Waals surface area contributed by atoms with Gasteiger partial charge in [-0.25, -0.2) is 4.79 Å². The molecule has 0 bridgehead atoms. The number of nitrogens with zero attached hydrogens (tertiary/aromatic N) is 2. The van der Waals surface area contributed by atoms with E-state index in [-0.39, 0.29) is 23.2 Å². The third kappa shape index (κ3) is 3.13. The summed E-state index contributed by atoms with van der Waals surface area (Å²) < 4.78 is 0. The SMILES string of the molecule is O=C1N(Cc2ccccc2)[C@@H]([C@]2(O)CCCCC2=O)[C@@H]2CS[C@@H](c3ccccc3)N12. The second-order valence-electron chi connectivity index (χ2n) is 8.47. The molecule has 2 aromatic rings. The summed E-state index contributed by atoms with van der Waals surface area (Å²) in [5.41, 5.74) is 0.627. The minimum atomic E-state index is -1.46. The lowest BCUT2D eigenvalue weighted by atomic mass is 9.75. The first-order valence-electron chi connectivity index (χ1n) is 10.6. The number of Topliss-reactive ketones (excluding diaryl/α,β-unsaturated/α-hetero) is 1. The first-order valence-corrected chi connectivity index (χ1v) is 11.7. The van der Waals surface area contributed by atoms with Crippen LogP contribution in [0.15, 0.2) is 60.7 Å². The summed E-state index contributed by atoms with van der Waals surface area (Å²) >= 11 is 1.72. The number of amides is 2. The van der Waals surface area contributed by atoms with E-state index >= 15 is 0 Å². The average Bonchev–Trinajstić information content (AvgIpc) is 3.31. The second-order valence-corrected chi connectivity index (χ2v) is 9.58. The normalized spacial score (nSPS) is 31.3. The molecule has 1 N–H and O–H groups in total. The molecule has 0 radical (unpaired) electrons. The Labute approximate surface area is 181 Å².